The van der Waals surface area contributed by atoms with Gasteiger partial charge in [-0.2, -0.15) is 0 Å². The molecule has 5 aliphatic rings. The molecule has 2 aromatic rings. The summed E-state index contributed by atoms with van der Waals surface area (Å²) in [4.78, 5) is 18.4. The van der Waals surface area contributed by atoms with Crippen molar-refractivity contribution >= 4 is 16.7 Å². The number of nitrogens with zero attached hydrogens (tertiary/aromatic N) is 2. The van der Waals surface area contributed by atoms with E-state index in [9.17, 15) is 15.0 Å². The van der Waals surface area contributed by atoms with Crippen molar-refractivity contribution in [1.82, 2.24) is 9.88 Å². The summed E-state index contributed by atoms with van der Waals surface area (Å²) in [6.07, 6.45) is 17.8. The number of carbonyl (C=O) groups is 1. The van der Waals surface area contributed by atoms with Crippen LogP contribution in [0.3, 0.4) is 0 Å². The lowest BCUT2D eigenvalue weighted by atomic mass is 9.73. The average Bonchev–Trinajstić information content (AvgIpc) is 3.50. The Kier molecular flexibility index (Phi) is 6.22. The number of aliphatic hydroxyl groups excluding tert-OH is 1. The third-order valence-corrected chi connectivity index (χ3v) is 10.8. The standard InChI is InChI=1S/C33H40N2O4/c1-21-5-6-22(24-8-7-23-11-14-34-19-25(23)15-24)3-2-4-27-16-26-9-10-28(18-32(26)12-13-33(21,27)39-32)35-20-29(36)17-30(35)31(37)38/h4,7-8,11,14-16,19,21-22,28-30,36H,2-3,5-6,9-10,12-13,17-18,20H2,1H3,(H,37,38). The molecule has 6 nitrogen and oxygen atoms in total. The number of allylic oxidation sites excluding steroid dienone is 1. The SMILES string of the molecule is CC1CCC(c2ccc3ccncc3c2)CCC=C2C=C3CCC(N4CC(O)CC4C(=O)O)CC34CCC21O4. The van der Waals surface area contributed by atoms with E-state index in [0.717, 1.165) is 57.8 Å². The molecule has 2 spiro atoms. The van der Waals surface area contributed by atoms with Crippen molar-refractivity contribution in [2.75, 3.05) is 6.54 Å². The highest BCUT2D eigenvalue weighted by atomic mass is 16.5. The van der Waals surface area contributed by atoms with E-state index in [-0.39, 0.29) is 17.2 Å². The van der Waals surface area contributed by atoms with Crippen LogP contribution < -0.4 is 0 Å². The Morgan fingerprint density at radius 2 is 2.03 bits per heavy atom. The average molecular weight is 529 g/mol. The molecule has 7 unspecified atom stereocenters. The molecule has 3 aliphatic heterocycles. The second-order valence-electron chi connectivity index (χ2n) is 12.9. The van der Waals surface area contributed by atoms with Gasteiger partial charge in [-0.05, 0) is 104 Å². The van der Waals surface area contributed by atoms with Crippen molar-refractivity contribution in [3.8, 4) is 0 Å². The zero-order valence-corrected chi connectivity index (χ0v) is 22.9. The number of pyridine rings is 1. The van der Waals surface area contributed by atoms with Crippen LogP contribution >= 0.6 is 0 Å². The van der Waals surface area contributed by atoms with Crippen LogP contribution in [0.15, 0.2) is 60.0 Å². The number of carboxylic acid groups (broad SMARTS) is 1. The molecule has 1 aromatic heterocycles. The zero-order valence-electron chi connectivity index (χ0n) is 22.9. The van der Waals surface area contributed by atoms with Crippen LogP contribution in [0.5, 0.6) is 0 Å². The molecule has 6 heteroatoms. The van der Waals surface area contributed by atoms with Crippen molar-refractivity contribution in [2.24, 2.45) is 5.92 Å². The molecule has 0 radical (unpaired) electrons. The molecule has 206 valence electrons. The molecule has 1 saturated carbocycles. The van der Waals surface area contributed by atoms with Gasteiger partial charge in [0.1, 0.15) is 6.04 Å². The molecule has 1 aromatic carbocycles. The molecule has 2 saturated heterocycles. The van der Waals surface area contributed by atoms with Gasteiger partial charge < -0.3 is 14.9 Å². The molecule has 3 fully saturated rings. The van der Waals surface area contributed by atoms with E-state index in [2.05, 4.69) is 53.2 Å². The molecule has 2 aliphatic carbocycles. The van der Waals surface area contributed by atoms with E-state index in [1.54, 1.807) is 0 Å². The smallest absolute Gasteiger partial charge is 0.321 e. The summed E-state index contributed by atoms with van der Waals surface area (Å²) in [7, 11) is 0. The van der Waals surface area contributed by atoms with Gasteiger partial charge in [-0.15, -0.1) is 0 Å². The number of likely N-dealkylation sites (tertiary alicyclic amines) is 1. The number of aromatic nitrogens is 1. The number of rotatable bonds is 3. The summed E-state index contributed by atoms with van der Waals surface area (Å²) in [5, 5.41) is 22.6. The molecule has 2 bridgehead atoms. The molecule has 7 atom stereocenters. The number of hydrogen-bond donors (Lipinski definition) is 2. The van der Waals surface area contributed by atoms with Gasteiger partial charge in [-0.3, -0.25) is 14.7 Å². The number of aliphatic carboxylic acids is 1. The quantitative estimate of drug-likeness (QED) is 0.528. The van der Waals surface area contributed by atoms with E-state index in [1.807, 2.05) is 12.4 Å². The first kappa shape index (κ1) is 25.4. The Morgan fingerprint density at radius 3 is 2.90 bits per heavy atom. The maximum atomic E-state index is 12.0. The molecule has 4 heterocycles. The third kappa shape index (κ3) is 4.18. The van der Waals surface area contributed by atoms with Crippen molar-refractivity contribution < 1.29 is 19.7 Å². The number of fused-ring (bicyclic) bond motifs is 1. The fourth-order valence-corrected chi connectivity index (χ4v) is 8.68. The summed E-state index contributed by atoms with van der Waals surface area (Å²) in [5.41, 5.74) is 3.69. The van der Waals surface area contributed by atoms with Crippen LogP contribution in [-0.2, 0) is 9.53 Å². The van der Waals surface area contributed by atoms with Crippen LogP contribution in [0.25, 0.3) is 10.8 Å². The summed E-state index contributed by atoms with van der Waals surface area (Å²) >= 11 is 0. The number of carboxylic acids is 1. The number of ether oxygens (including phenoxy) is 1. The van der Waals surface area contributed by atoms with E-state index in [1.165, 1.54) is 27.5 Å². The predicted octanol–water partition coefficient (Wildman–Crippen LogP) is 5.76. The van der Waals surface area contributed by atoms with Gasteiger partial charge in [0, 0.05) is 36.8 Å². The van der Waals surface area contributed by atoms with E-state index in [0.29, 0.717) is 24.8 Å². The minimum atomic E-state index is -0.815. The van der Waals surface area contributed by atoms with E-state index >= 15 is 0 Å². The Hall–Kier alpha value is -2.54. The van der Waals surface area contributed by atoms with Crippen LogP contribution in [-0.4, -0.2) is 62.0 Å². The third-order valence-electron chi connectivity index (χ3n) is 10.8. The van der Waals surface area contributed by atoms with E-state index < -0.39 is 18.1 Å². The first-order chi connectivity index (χ1) is 18.9. The molecule has 7 rings (SSSR count). The summed E-state index contributed by atoms with van der Waals surface area (Å²) < 4.78 is 7.31. The van der Waals surface area contributed by atoms with Crippen molar-refractivity contribution in [2.45, 2.75) is 106 Å². The lowest BCUT2D eigenvalue weighted by molar-refractivity contribution is -0.145. The van der Waals surface area contributed by atoms with Gasteiger partial charge in [0.2, 0.25) is 0 Å². The van der Waals surface area contributed by atoms with Crippen LogP contribution in [0.2, 0.25) is 0 Å². The lowest BCUT2D eigenvalue weighted by Crippen LogP contribution is -2.53. The Balaban J connectivity index is 1.14. The van der Waals surface area contributed by atoms with Gasteiger partial charge in [0.15, 0.2) is 0 Å². The maximum absolute atomic E-state index is 12.0. The number of β-amino-alcohol motifs (C(OH)–C–C–N with tert-alkyl or cyclic N) is 1. The second-order valence-corrected chi connectivity index (χ2v) is 12.9. The van der Waals surface area contributed by atoms with E-state index in [4.69, 9.17) is 4.74 Å². The highest BCUT2D eigenvalue weighted by Crippen LogP contribution is 2.59. The van der Waals surface area contributed by atoms with Crippen molar-refractivity contribution in [1.29, 1.82) is 0 Å². The van der Waals surface area contributed by atoms with Crippen LogP contribution in [0, 0.1) is 5.92 Å². The summed E-state index contributed by atoms with van der Waals surface area (Å²) in [6.45, 7) is 2.84. The normalized spacial score (nSPS) is 38.7. The molecule has 39 heavy (non-hydrogen) atoms. The monoisotopic (exact) mass is 528 g/mol. The first-order valence-electron chi connectivity index (χ1n) is 15.0. The first-order valence-corrected chi connectivity index (χ1v) is 15.0. The Morgan fingerprint density at radius 1 is 1.13 bits per heavy atom. The van der Waals surface area contributed by atoms with Crippen LogP contribution in [0.4, 0.5) is 0 Å². The number of benzene rings is 1. The lowest BCUT2D eigenvalue weighted by Gasteiger charge is -2.50. The van der Waals surface area contributed by atoms with Gasteiger partial charge in [0.05, 0.1) is 17.3 Å². The van der Waals surface area contributed by atoms with Gasteiger partial charge in [-0.25, -0.2) is 0 Å². The number of aliphatic hydroxyl groups is 1. The van der Waals surface area contributed by atoms with Gasteiger partial charge in [0.25, 0.3) is 0 Å². The minimum absolute atomic E-state index is 0.138. The second kappa shape index (κ2) is 9.53. The fraction of sp³-hybridized carbons (Fsp3) is 0.576. The zero-order chi connectivity index (χ0) is 26.8. The topological polar surface area (TPSA) is 82.9 Å². The molecule has 2 N–H and O–H groups in total. The summed E-state index contributed by atoms with van der Waals surface area (Å²) in [6, 6.07) is 8.52. The molecular formula is C33H40N2O4. The number of hydrogen-bond acceptors (Lipinski definition) is 5. The minimum Gasteiger partial charge on any atom is -0.480 e. The largest absolute Gasteiger partial charge is 0.480 e. The summed E-state index contributed by atoms with van der Waals surface area (Å²) in [5.74, 6) is 0.115. The molecule has 0 amide bonds. The predicted molar refractivity (Wildman–Crippen MR) is 150 cm³/mol. The van der Waals surface area contributed by atoms with Gasteiger partial charge in [-0.1, -0.05) is 31.2 Å². The molecular weight excluding hydrogens is 488 g/mol. The van der Waals surface area contributed by atoms with Gasteiger partial charge >= 0.3 is 5.97 Å². The highest BCUT2D eigenvalue weighted by molar-refractivity contribution is 5.82. The maximum Gasteiger partial charge on any atom is 0.321 e. The fourth-order valence-electron chi connectivity index (χ4n) is 8.68. The highest BCUT2D eigenvalue weighted by Gasteiger charge is 2.60. The van der Waals surface area contributed by atoms with Crippen LogP contribution in [0.1, 0.15) is 82.6 Å². The van der Waals surface area contributed by atoms with Crippen molar-refractivity contribution in [3.05, 3.63) is 65.5 Å². The Bertz CT molecular complexity index is 1350. The Labute approximate surface area is 230 Å². The van der Waals surface area contributed by atoms with Crippen molar-refractivity contribution in [3.63, 3.8) is 0 Å².